The first-order valence-electron chi connectivity index (χ1n) is 8.64. The van der Waals surface area contributed by atoms with E-state index in [1.54, 1.807) is 49.6 Å². The minimum absolute atomic E-state index is 0.448. The molecule has 2 aromatic carbocycles. The van der Waals surface area contributed by atoms with Gasteiger partial charge < -0.3 is 14.8 Å². The SMILES string of the molecule is CCOc1ccc(Cl)cc1C=NNC(=O)C(C)C(=O)Nc1ccc(OC)cc1. The molecule has 0 aliphatic rings. The number of ether oxygens (including phenoxy) is 2. The molecule has 2 rings (SSSR count). The average molecular weight is 404 g/mol. The predicted octanol–water partition coefficient (Wildman–Crippen LogP) is 3.47. The van der Waals surface area contributed by atoms with Crippen LogP contribution in [-0.4, -0.2) is 31.7 Å². The van der Waals surface area contributed by atoms with Crippen LogP contribution in [0.15, 0.2) is 47.6 Å². The highest BCUT2D eigenvalue weighted by Gasteiger charge is 2.21. The van der Waals surface area contributed by atoms with E-state index in [2.05, 4.69) is 15.8 Å². The Balaban J connectivity index is 1.95. The van der Waals surface area contributed by atoms with Crippen LogP contribution in [0, 0.1) is 5.92 Å². The average Bonchev–Trinajstić information content (AvgIpc) is 2.69. The van der Waals surface area contributed by atoms with E-state index in [4.69, 9.17) is 21.1 Å². The number of halogens is 1. The smallest absolute Gasteiger partial charge is 0.252 e. The van der Waals surface area contributed by atoms with E-state index in [-0.39, 0.29) is 0 Å². The molecule has 0 heterocycles. The van der Waals surface area contributed by atoms with E-state index < -0.39 is 17.7 Å². The molecule has 0 saturated heterocycles. The molecule has 2 aromatic rings. The van der Waals surface area contributed by atoms with Gasteiger partial charge in [0.1, 0.15) is 17.4 Å². The van der Waals surface area contributed by atoms with Gasteiger partial charge in [-0.3, -0.25) is 9.59 Å². The van der Waals surface area contributed by atoms with Crippen molar-refractivity contribution in [1.82, 2.24) is 5.43 Å². The van der Waals surface area contributed by atoms with Gasteiger partial charge in [-0.1, -0.05) is 11.6 Å². The third-order valence-electron chi connectivity index (χ3n) is 3.79. The van der Waals surface area contributed by atoms with Crippen molar-refractivity contribution in [2.24, 2.45) is 11.0 Å². The second kappa shape index (κ2) is 10.3. The van der Waals surface area contributed by atoms with Crippen molar-refractivity contribution >= 4 is 35.3 Å². The van der Waals surface area contributed by atoms with Crippen LogP contribution in [0.2, 0.25) is 5.02 Å². The quantitative estimate of drug-likeness (QED) is 0.401. The summed E-state index contributed by atoms with van der Waals surface area (Å²) in [5, 5.41) is 7.09. The van der Waals surface area contributed by atoms with Crippen molar-refractivity contribution in [1.29, 1.82) is 0 Å². The molecule has 0 radical (unpaired) electrons. The van der Waals surface area contributed by atoms with E-state index in [0.29, 0.717) is 34.4 Å². The van der Waals surface area contributed by atoms with Crippen LogP contribution in [-0.2, 0) is 9.59 Å². The van der Waals surface area contributed by atoms with Crippen LogP contribution >= 0.6 is 11.6 Å². The van der Waals surface area contributed by atoms with Crippen molar-refractivity contribution < 1.29 is 19.1 Å². The van der Waals surface area contributed by atoms with Crippen LogP contribution < -0.4 is 20.2 Å². The number of rotatable bonds is 8. The number of methoxy groups -OCH3 is 1. The number of hydrogen-bond donors (Lipinski definition) is 2. The zero-order valence-corrected chi connectivity index (χ0v) is 16.6. The van der Waals surface area contributed by atoms with Crippen molar-refractivity contribution in [3.05, 3.63) is 53.1 Å². The summed E-state index contributed by atoms with van der Waals surface area (Å²) in [6.45, 7) is 3.84. The van der Waals surface area contributed by atoms with Gasteiger partial charge in [0.15, 0.2) is 0 Å². The fourth-order valence-corrected chi connectivity index (χ4v) is 2.39. The van der Waals surface area contributed by atoms with E-state index in [1.165, 1.54) is 13.1 Å². The Morgan fingerprint density at radius 3 is 2.54 bits per heavy atom. The van der Waals surface area contributed by atoms with Crippen molar-refractivity contribution in [2.75, 3.05) is 19.0 Å². The molecular formula is C20H22ClN3O4. The number of hydrogen-bond acceptors (Lipinski definition) is 5. The number of nitrogens with zero attached hydrogens (tertiary/aromatic N) is 1. The summed E-state index contributed by atoms with van der Waals surface area (Å²) < 4.78 is 10.5. The first-order valence-corrected chi connectivity index (χ1v) is 9.02. The number of amides is 2. The van der Waals surface area contributed by atoms with E-state index >= 15 is 0 Å². The van der Waals surface area contributed by atoms with Crippen molar-refractivity contribution in [3.63, 3.8) is 0 Å². The minimum Gasteiger partial charge on any atom is -0.497 e. The Labute approximate surface area is 168 Å². The lowest BCUT2D eigenvalue weighted by Gasteiger charge is -2.11. The molecule has 7 nitrogen and oxygen atoms in total. The normalized spacial score (nSPS) is 11.7. The number of hydrazone groups is 1. The Hall–Kier alpha value is -3.06. The molecule has 0 aromatic heterocycles. The monoisotopic (exact) mass is 403 g/mol. The Bertz CT molecular complexity index is 853. The number of carbonyl (C=O) groups is 2. The predicted molar refractivity (Wildman–Crippen MR) is 109 cm³/mol. The molecule has 0 fully saturated rings. The van der Waals surface area contributed by atoms with Gasteiger partial charge in [0.25, 0.3) is 5.91 Å². The van der Waals surface area contributed by atoms with Crippen LogP contribution in [0.1, 0.15) is 19.4 Å². The van der Waals surface area contributed by atoms with Crippen LogP contribution in [0.5, 0.6) is 11.5 Å². The third-order valence-corrected chi connectivity index (χ3v) is 4.03. The lowest BCUT2D eigenvalue weighted by molar-refractivity contribution is -0.131. The van der Waals surface area contributed by atoms with Crippen molar-refractivity contribution in [2.45, 2.75) is 13.8 Å². The van der Waals surface area contributed by atoms with Gasteiger partial charge in [0.05, 0.1) is 19.9 Å². The summed E-state index contributed by atoms with van der Waals surface area (Å²) >= 11 is 5.98. The molecule has 2 amide bonds. The van der Waals surface area contributed by atoms with E-state index in [1.807, 2.05) is 6.92 Å². The van der Waals surface area contributed by atoms with E-state index in [9.17, 15) is 9.59 Å². The highest BCUT2D eigenvalue weighted by molar-refractivity contribution is 6.30. The van der Waals surface area contributed by atoms with Gasteiger partial charge in [-0.25, -0.2) is 5.43 Å². The van der Waals surface area contributed by atoms with Crippen molar-refractivity contribution in [3.8, 4) is 11.5 Å². The van der Waals surface area contributed by atoms with Crippen LogP contribution in [0.4, 0.5) is 5.69 Å². The Kier molecular flexibility index (Phi) is 7.83. The number of anilines is 1. The summed E-state index contributed by atoms with van der Waals surface area (Å²) in [4.78, 5) is 24.4. The molecule has 1 atom stereocenters. The largest absolute Gasteiger partial charge is 0.497 e. The first kappa shape index (κ1) is 21.2. The maximum absolute atomic E-state index is 12.2. The lowest BCUT2D eigenvalue weighted by Crippen LogP contribution is -2.34. The van der Waals surface area contributed by atoms with E-state index in [0.717, 1.165) is 0 Å². The minimum atomic E-state index is -0.940. The topological polar surface area (TPSA) is 89.0 Å². The van der Waals surface area contributed by atoms with Gasteiger partial charge in [0.2, 0.25) is 5.91 Å². The summed E-state index contributed by atoms with van der Waals surface area (Å²) in [6.07, 6.45) is 1.42. The second-order valence-corrected chi connectivity index (χ2v) is 6.23. The number of nitrogens with one attached hydrogen (secondary N) is 2. The Morgan fingerprint density at radius 2 is 1.89 bits per heavy atom. The summed E-state index contributed by atoms with van der Waals surface area (Å²) in [5.41, 5.74) is 3.54. The first-order chi connectivity index (χ1) is 13.4. The molecule has 28 heavy (non-hydrogen) atoms. The molecule has 0 aliphatic carbocycles. The fourth-order valence-electron chi connectivity index (χ4n) is 2.21. The van der Waals surface area contributed by atoms with Gasteiger partial charge >= 0.3 is 0 Å². The highest BCUT2D eigenvalue weighted by atomic mass is 35.5. The molecule has 148 valence electrons. The number of benzene rings is 2. The maximum Gasteiger partial charge on any atom is 0.252 e. The zero-order valence-electron chi connectivity index (χ0n) is 15.9. The molecule has 0 aliphatic heterocycles. The Morgan fingerprint density at radius 1 is 1.18 bits per heavy atom. The fraction of sp³-hybridized carbons (Fsp3) is 0.250. The summed E-state index contributed by atoms with van der Waals surface area (Å²) in [6, 6.07) is 11.9. The summed E-state index contributed by atoms with van der Waals surface area (Å²) in [5.74, 6) is -0.663. The van der Waals surface area contributed by atoms with Crippen LogP contribution in [0.3, 0.4) is 0 Å². The lowest BCUT2D eigenvalue weighted by atomic mass is 10.1. The van der Waals surface area contributed by atoms with Gasteiger partial charge in [0, 0.05) is 16.3 Å². The zero-order chi connectivity index (χ0) is 20.5. The number of carbonyl (C=O) groups excluding carboxylic acids is 2. The van der Waals surface area contributed by atoms with Gasteiger partial charge in [-0.15, -0.1) is 0 Å². The van der Waals surface area contributed by atoms with Crippen LogP contribution in [0.25, 0.3) is 0 Å². The third kappa shape index (κ3) is 5.99. The maximum atomic E-state index is 12.2. The molecule has 0 bridgehead atoms. The standard InChI is InChI=1S/C20H22ClN3O4/c1-4-28-18-10-5-15(21)11-14(18)12-22-24-20(26)13(2)19(25)23-16-6-8-17(27-3)9-7-16/h5-13H,4H2,1-3H3,(H,23,25)(H,24,26). The van der Waals surface area contributed by atoms with Gasteiger partial charge in [-0.05, 0) is 56.3 Å². The molecule has 0 saturated carbocycles. The highest BCUT2D eigenvalue weighted by Crippen LogP contribution is 2.21. The molecule has 0 spiro atoms. The molecule has 8 heteroatoms. The second-order valence-electron chi connectivity index (χ2n) is 5.79. The molecule has 2 N–H and O–H groups in total. The molecular weight excluding hydrogens is 382 g/mol. The summed E-state index contributed by atoms with van der Waals surface area (Å²) in [7, 11) is 1.56. The van der Waals surface area contributed by atoms with Gasteiger partial charge in [-0.2, -0.15) is 5.10 Å². The molecule has 1 unspecified atom stereocenters.